The molecular weight excluding hydrogens is 657 g/mol. The number of fused-ring (bicyclic) bond motifs is 8. The van der Waals surface area contributed by atoms with Gasteiger partial charge in [0.15, 0.2) is 0 Å². The van der Waals surface area contributed by atoms with Crippen molar-refractivity contribution < 1.29 is 4.42 Å². The molecule has 3 nitrogen and oxygen atoms in total. The highest BCUT2D eigenvalue weighted by Crippen LogP contribution is 2.40. The minimum Gasteiger partial charge on any atom is -0.456 e. The van der Waals surface area contributed by atoms with E-state index in [1.807, 2.05) is 18.2 Å². The Kier molecular flexibility index (Phi) is 6.86. The van der Waals surface area contributed by atoms with Gasteiger partial charge in [0.2, 0.25) is 0 Å². The number of pyridine rings is 1. The largest absolute Gasteiger partial charge is 0.456 e. The van der Waals surface area contributed by atoms with Crippen LogP contribution in [0.15, 0.2) is 199 Å². The second kappa shape index (κ2) is 12.2. The minimum absolute atomic E-state index is 0.908. The number of hydrogen-bond donors (Lipinski definition) is 0. The molecule has 0 spiro atoms. The summed E-state index contributed by atoms with van der Waals surface area (Å²) >= 11 is 0. The van der Waals surface area contributed by atoms with Crippen LogP contribution in [-0.4, -0.2) is 9.55 Å². The Morgan fingerprint density at radius 2 is 0.926 bits per heavy atom. The van der Waals surface area contributed by atoms with E-state index in [0.29, 0.717) is 0 Å². The fraction of sp³-hybridized carbons (Fsp3) is 0. The number of nitrogens with zero attached hydrogens (tertiary/aromatic N) is 2. The third-order valence-corrected chi connectivity index (χ3v) is 10.8. The maximum Gasteiger partial charge on any atom is 0.135 e. The van der Waals surface area contributed by atoms with Crippen LogP contribution in [0.5, 0.6) is 0 Å². The number of hydrogen-bond acceptors (Lipinski definition) is 2. The number of rotatable bonds is 5. The topological polar surface area (TPSA) is 31.0 Å². The molecule has 0 aliphatic rings. The second-order valence-electron chi connectivity index (χ2n) is 14.0. The van der Waals surface area contributed by atoms with E-state index in [2.05, 4.69) is 180 Å². The van der Waals surface area contributed by atoms with E-state index in [-0.39, 0.29) is 0 Å². The lowest BCUT2D eigenvalue weighted by Gasteiger charge is -2.12. The van der Waals surface area contributed by atoms with Crippen LogP contribution >= 0.6 is 0 Å². The van der Waals surface area contributed by atoms with E-state index in [1.165, 1.54) is 49.3 Å². The first-order chi connectivity index (χ1) is 26.7. The summed E-state index contributed by atoms with van der Waals surface area (Å²) in [4.78, 5) is 5.18. The van der Waals surface area contributed by atoms with Gasteiger partial charge >= 0.3 is 0 Å². The molecule has 11 rings (SSSR count). The lowest BCUT2D eigenvalue weighted by Crippen LogP contribution is -1.95. The number of para-hydroxylation sites is 1. The van der Waals surface area contributed by atoms with Gasteiger partial charge in [0.25, 0.3) is 0 Å². The van der Waals surface area contributed by atoms with E-state index in [1.54, 1.807) is 0 Å². The van der Waals surface area contributed by atoms with Gasteiger partial charge in [-0.1, -0.05) is 133 Å². The summed E-state index contributed by atoms with van der Waals surface area (Å²) in [5, 5.41) is 7.24. The molecule has 11 aromatic rings. The van der Waals surface area contributed by atoms with Crippen LogP contribution in [0.25, 0.3) is 105 Å². The summed E-state index contributed by atoms with van der Waals surface area (Å²) in [6, 6.07) is 69.2. The van der Waals surface area contributed by atoms with Crippen LogP contribution in [0.1, 0.15) is 0 Å². The van der Waals surface area contributed by atoms with Crippen molar-refractivity contribution >= 4 is 54.5 Å². The molecule has 0 amide bonds. The average molecular weight is 689 g/mol. The van der Waals surface area contributed by atoms with E-state index in [4.69, 9.17) is 9.40 Å². The van der Waals surface area contributed by atoms with Gasteiger partial charge in [-0.15, -0.1) is 0 Å². The van der Waals surface area contributed by atoms with Gasteiger partial charge in [0.1, 0.15) is 11.2 Å². The van der Waals surface area contributed by atoms with Crippen LogP contribution in [0.3, 0.4) is 0 Å². The van der Waals surface area contributed by atoms with E-state index in [0.717, 1.165) is 55.7 Å². The molecule has 0 fully saturated rings. The van der Waals surface area contributed by atoms with Gasteiger partial charge in [0.05, 0.1) is 22.4 Å². The summed E-state index contributed by atoms with van der Waals surface area (Å²) in [6.45, 7) is 0. The summed E-state index contributed by atoms with van der Waals surface area (Å²) in [6.07, 6.45) is 0. The summed E-state index contributed by atoms with van der Waals surface area (Å²) in [7, 11) is 0. The van der Waals surface area contributed by atoms with E-state index < -0.39 is 0 Å². The minimum atomic E-state index is 0.908. The summed E-state index contributed by atoms with van der Waals surface area (Å²) in [5.74, 6) is 0. The predicted molar refractivity (Wildman–Crippen MR) is 225 cm³/mol. The van der Waals surface area contributed by atoms with Gasteiger partial charge in [-0.3, -0.25) is 0 Å². The Morgan fingerprint density at radius 1 is 0.352 bits per heavy atom. The molecular formula is C51H32N2O. The van der Waals surface area contributed by atoms with Crippen molar-refractivity contribution in [3.05, 3.63) is 194 Å². The fourth-order valence-electron chi connectivity index (χ4n) is 8.17. The Labute approximate surface area is 312 Å². The van der Waals surface area contributed by atoms with Gasteiger partial charge in [-0.05, 0) is 93.7 Å². The van der Waals surface area contributed by atoms with Gasteiger partial charge < -0.3 is 8.98 Å². The zero-order chi connectivity index (χ0) is 35.6. The van der Waals surface area contributed by atoms with Crippen molar-refractivity contribution in [1.29, 1.82) is 0 Å². The van der Waals surface area contributed by atoms with E-state index in [9.17, 15) is 0 Å². The lowest BCUT2D eigenvalue weighted by molar-refractivity contribution is 0.669. The molecule has 8 aromatic carbocycles. The molecule has 252 valence electrons. The first kappa shape index (κ1) is 30.4. The van der Waals surface area contributed by atoms with Gasteiger partial charge in [0, 0.05) is 38.4 Å². The molecule has 0 bridgehead atoms. The van der Waals surface area contributed by atoms with Crippen LogP contribution < -0.4 is 0 Å². The molecule has 0 saturated carbocycles. The van der Waals surface area contributed by atoms with Crippen molar-refractivity contribution in [3.63, 3.8) is 0 Å². The average Bonchev–Trinajstić information content (AvgIpc) is 3.79. The highest BCUT2D eigenvalue weighted by atomic mass is 16.3. The van der Waals surface area contributed by atoms with Crippen molar-refractivity contribution in [2.45, 2.75) is 0 Å². The van der Waals surface area contributed by atoms with Crippen LogP contribution in [0, 0.1) is 0 Å². The quantitative estimate of drug-likeness (QED) is 0.180. The molecule has 0 aliphatic heterocycles. The third-order valence-electron chi connectivity index (χ3n) is 10.8. The zero-order valence-electron chi connectivity index (χ0n) is 29.3. The molecule has 0 N–H and O–H groups in total. The number of aromatic nitrogens is 2. The molecule has 0 saturated heterocycles. The fourth-order valence-corrected chi connectivity index (χ4v) is 8.17. The van der Waals surface area contributed by atoms with Crippen molar-refractivity contribution in [2.75, 3.05) is 0 Å². The Hall–Kier alpha value is -7.23. The normalized spacial score (nSPS) is 11.7. The monoisotopic (exact) mass is 688 g/mol. The molecule has 3 aromatic heterocycles. The smallest absolute Gasteiger partial charge is 0.135 e. The van der Waals surface area contributed by atoms with Crippen LogP contribution in [0.2, 0.25) is 0 Å². The van der Waals surface area contributed by atoms with Gasteiger partial charge in [-0.25, -0.2) is 4.98 Å². The Bertz CT molecular complexity index is 3130. The maximum atomic E-state index is 6.15. The molecule has 0 radical (unpaired) electrons. The molecule has 0 aliphatic carbocycles. The van der Waals surface area contributed by atoms with Crippen molar-refractivity contribution in [3.8, 4) is 50.5 Å². The third kappa shape index (κ3) is 4.94. The highest BCUT2D eigenvalue weighted by Gasteiger charge is 2.17. The highest BCUT2D eigenvalue weighted by molar-refractivity contribution is 6.22. The van der Waals surface area contributed by atoms with Crippen LogP contribution in [0.4, 0.5) is 0 Å². The first-order valence-corrected chi connectivity index (χ1v) is 18.4. The maximum absolute atomic E-state index is 6.15. The number of benzene rings is 8. The molecule has 0 atom stereocenters. The van der Waals surface area contributed by atoms with Crippen molar-refractivity contribution in [2.24, 2.45) is 0 Å². The van der Waals surface area contributed by atoms with Crippen molar-refractivity contribution in [1.82, 2.24) is 9.55 Å². The number of furan rings is 1. The standard InChI is InChI=1S/C51H32N2O/c1-3-11-33(12-4-1)39-31-45(35-14-5-2-6-15-35)52-46(32-39)36-19-24-40(25-20-36)53-47-26-22-37(30-44(47)51-41-16-8-7-13-34(41)21-27-48(51)53)38-23-28-50-43(29-38)42-17-9-10-18-49(42)54-50/h1-32H. The van der Waals surface area contributed by atoms with E-state index >= 15 is 0 Å². The first-order valence-electron chi connectivity index (χ1n) is 18.4. The Balaban J connectivity index is 1.07. The lowest BCUT2D eigenvalue weighted by atomic mass is 9.99. The molecule has 54 heavy (non-hydrogen) atoms. The molecule has 3 heteroatoms. The SMILES string of the molecule is c1ccc(-c2cc(-c3ccccc3)nc(-c3ccc(-n4c5ccc(-c6ccc7oc8ccccc8c7c6)cc5c5c6ccccc6ccc54)cc3)c2)cc1. The second-order valence-corrected chi connectivity index (χ2v) is 14.0. The Morgan fingerprint density at radius 3 is 1.70 bits per heavy atom. The van der Waals surface area contributed by atoms with Gasteiger partial charge in [-0.2, -0.15) is 0 Å². The zero-order valence-corrected chi connectivity index (χ0v) is 29.3. The summed E-state index contributed by atoms with van der Waals surface area (Å²) in [5.41, 5.74) is 14.0. The van der Waals surface area contributed by atoms with Crippen LogP contribution in [-0.2, 0) is 0 Å². The predicted octanol–water partition coefficient (Wildman–Crippen LogP) is 13.9. The molecule has 3 heterocycles. The summed E-state index contributed by atoms with van der Waals surface area (Å²) < 4.78 is 8.56. The molecule has 0 unspecified atom stereocenters.